The van der Waals surface area contributed by atoms with Crippen LogP contribution in [0.1, 0.15) is 31.2 Å². The lowest BCUT2D eigenvalue weighted by Gasteiger charge is -2.49. The van der Waals surface area contributed by atoms with E-state index in [0.29, 0.717) is 6.54 Å². The van der Waals surface area contributed by atoms with Crippen molar-refractivity contribution in [2.75, 3.05) is 26.1 Å². The van der Waals surface area contributed by atoms with E-state index in [0.717, 1.165) is 37.1 Å². The topological polar surface area (TPSA) is 50.8 Å². The van der Waals surface area contributed by atoms with Crippen molar-refractivity contribution in [1.82, 2.24) is 4.90 Å². The Morgan fingerprint density at radius 2 is 2.17 bits per heavy atom. The van der Waals surface area contributed by atoms with Crippen LogP contribution in [0.15, 0.2) is 30.4 Å². The minimum atomic E-state index is -0.454. The highest BCUT2D eigenvalue weighted by Crippen LogP contribution is 2.63. The maximum Gasteiger partial charge on any atom is 0.411 e. The number of fused-ring (bicyclic) bond motifs is 1. The van der Waals surface area contributed by atoms with Gasteiger partial charge >= 0.3 is 6.09 Å². The lowest BCUT2D eigenvalue weighted by Crippen LogP contribution is -2.61. The van der Waals surface area contributed by atoms with Crippen LogP contribution in [0.5, 0.6) is 5.75 Å². The predicted molar refractivity (Wildman–Crippen MR) is 87.7 cm³/mol. The van der Waals surface area contributed by atoms with E-state index in [9.17, 15) is 4.79 Å². The summed E-state index contributed by atoms with van der Waals surface area (Å²) in [6, 6.07) is 6.10. The van der Waals surface area contributed by atoms with E-state index in [1.54, 1.807) is 7.11 Å². The molecule has 1 saturated heterocycles. The molecule has 1 N–H and O–H groups in total. The number of hydrogen-bond donors (Lipinski definition) is 1. The first-order valence-corrected chi connectivity index (χ1v) is 8.09. The van der Waals surface area contributed by atoms with E-state index in [-0.39, 0.29) is 11.5 Å². The number of ether oxygens (including phenoxy) is 2. The standard InChI is InChI=1S/C18H22N2O3/c1-12-5-4-8-18-17(12,9-10-20(18)16(21)23-3)14-11-13(22-2)6-7-15(14)19-18/h6-7,11,19H,1,4-5,8-10H2,2-3H3/t17-,18+/m0/s1. The highest BCUT2D eigenvalue weighted by Gasteiger charge is 2.68. The Labute approximate surface area is 136 Å². The van der Waals surface area contributed by atoms with Gasteiger partial charge in [-0.15, -0.1) is 0 Å². The lowest BCUT2D eigenvalue weighted by molar-refractivity contribution is 0.0725. The zero-order valence-corrected chi connectivity index (χ0v) is 13.6. The average Bonchev–Trinajstić information content (AvgIpc) is 3.05. The van der Waals surface area contributed by atoms with Gasteiger partial charge in [-0.1, -0.05) is 12.2 Å². The monoisotopic (exact) mass is 314 g/mol. The number of nitrogens with one attached hydrogen (secondary N) is 1. The Morgan fingerprint density at radius 1 is 1.35 bits per heavy atom. The van der Waals surface area contributed by atoms with Crippen LogP contribution in [-0.4, -0.2) is 37.4 Å². The van der Waals surface area contributed by atoms with Gasteiger partial charge in [0.2, 0.25) is 0 Å². The molecular formula is C18H22N2O3. The summed E-state index contributed by atoms with van der Waals surface area (Å²) in [5.74, 6) is 0.839. The fourth-order valence-electron chi connectivity index (χ4n) is 4.97. The van der Waals surface area contributed by atoms with E-state index in [4.69, 9.17) is 9.47 Å². The zero-order valence-electron chi connectivity index (χ0n) is 13.6. The maximum atomic E-state index is 12.4. The predicted octanol–water partition coefficient (Wildman–Crippen LogP) is 3.27. The molecule has 23 heavy (non-hydrogen) atoms. The van der Waals surface area contributed by atoms with Crippen LogP contribution in [0.3, 0.4) is 0 Å². The molecule has 2 aliphatic heterocycles. The second-order valence-electron chi connectivity index (χ2n) is 6.63. The van der Waals surface area contributed by atoms with E-state index in [2.05, 4.69) is 18.0 Å². The number of anilines is 1. The Hall–Kier alpha value is -2.17. The van der Waals surface area contributed by atoms with Gasteiger partial charge in [-0.05, 0) is 49.4 Å². The van der Waals surface area contributed by atoms with Gasteiger partial charge in [0.1, 0.15) is 11.4 Å². The van der Waals surface area contributed by atoms with Gasteiger partial charge in [0, 0.05) is 12.2 Å². The molecule has 1 aliphatic carbocycles. The number of hydrogen-bond acceptors (Lipinski definition) is 4. The number of likely N-dealkylation sites (tertiary alicyclic amines) is 1. The third-order valence-corrected chi connectivity index (χ3v) is 5.92. The molecule has 5 nitrogen and oxygen atoms in total. The molecule has 1 amide bonds. The second kappa shape index (κ2) is 4.66. The van der Waals surface area contributed by atoms with Gasteiger partial charge in [0.25, 0.3) is 0 Å². The second-order valence-corrected chi connectivity index (χ2v) is 6.63. The van der Waals surface area contributed by atoms with Gasteiger partial charge in [-0.25, -0.2) is 4.79 Å². The number of nitrogens with zero attached hydrogens (tertiary/aromatic N) is 1. The molecule has 0 bridgehead atoms. The number of methoxy groups -OCH3 is 2. The number of rotatable bonds is 1. The molecule has 2 fully saturated rings. The summed E-state index contributed by atoms with van der Waals surface area (Å²) in [6.07, 6.45) is 3.52. The summed E-state index contributed by atoms with van der Waals surface area (Å²) in [4.78, 5) is 14.3. The van der Waals surface area contributed by atoms with Gasteiger partial charge in [0.15, 0.2) is 0 Å². The largest absolute Gasteiger partial charge is 0.497 e. The molecule has 122 valence electrons. The first-order chi connectivity index (χ1) is 11.1. The number of carbonyl (C=O) groups excluding carboxylic acids is 1. The van der Waals surface area contributed by atoms with Crippen molar-refractivity contribution in [3.63, 3.8) is 0 Å². The van der Waals surface area contributed by atoms with Gasteiger partial charge in [-0.3, -0.25) is 4.90 Å². The van der Waals surface area contributed by atoms with Crippen LogP contribution in [0.4, 0.5) is 10.5 Å². The quantitative estimate of drug-likeness (QED) is 0.808. The van der Waals surface area contributed by atoms with Crippen molar-refractivity contribution < 1.29 is 14.3 Å². The van der Waals surface area contributed by atoms with Gasteiger partial charge < -0.3 is 14.8 Å². The Morgan fingerprint density at radius 3 is 2.91 bits per heavy atom. The molecule has 5 heteroatoms. The van der Waals surface area contributed by atoms with Crippen LogP contribution in [-0.2, 0) is 10.2 Å². The zero-order chi connectivity index (χ0) is 16.2. The third kappa shape index (κ3) is 1.55. The molecule has 0 aromatic heterocycles. The molecule has 1 aromatic rings. The molecule has 2 heterocycles. The summed E-state index contributed by atoms with van der Waals surface area (Å²) < 4.78 is 10.5. The fraction of sp³-hybridized carbons (Fsp3) is 0.500. The highest BCUT2D eigenvalue weighted by molar-refractivity contribution is 5.77. The molecule has 1 aromatic carbocycles. The van der Waals surface area contributed by atoms with Gasteiger partial charge in [-0.2, -0.15) is 0 Å². The molecule has 1 saturated carbocycles. The van der Waals surface area contributed by atoms with Crippen molar-refractivity contribution in [1.29, 1.82) is 0 Å². The lowest BCUT2D eigenvalue weighted by atomic mass is 9.62. The van der Waals surface area contributed by atoms with Crippen LogP contribution >= 0.6 is 0 Å². The number of carbonyl (C=O) groups is 1. The molecule has 2 atom stereocenters. The molecule has 0 unspecified atom stereocenters. The molecule has 4 rings (SSSR count). The number of benzene rings is 1. The van der Waals surface area contributed by atoms with E-state index >= 15 is 0 Å². The van der Waals surface area contributed by atoms with Crippen LogP contribution in [0.25, 0.3) is 0 Å². The first-order valence-electron chi connectivity index (χ1n) is 8.09. The first kappa shape index (κ1) is 14.4. The van der Waals surface area contributed by atoms with Crippen LogP contribution in [0.2, 0.25) is 0 Å². The number of amides is 1. The van der Waals surface area contributed by atoms with Crippen molar-refractivity contribution in [2.45, 2.75) is 36.8 Å². The smallest absolute Gasteiger partial charge is 0.411 e. The Bertz CT molecular complexity index is 702. The maximum absolute atomic E-state index is 12.4. The summed E-state index contributed by atoms with van der Waals surface area (Å²) in [6.45, 7) is 5.08. The third-order valence-electron chi connectivity index (χ3n) is 5.92. The summed E-state index contributed by atoms with van der Waals surface area (Å²) in [7, 11) is 3.13. The average molecular weight is 314 g/mol. The van der Waals surface area contributed by atoms with Crippen molar-refractivity contribution in [2.24, 2.45) is 0 Å². The summed E-state index contributed by atoms with van der Waals surface area (Å²) in [5.41, 5.74) is 2.78. The van der Waals surface area contributed by atoms with Crippen molar-refractivity contribution in [3.05, 3.63) is 35.9 Å². The minimum absolute atomic E-state index is 0.247. The fourth-order valence-corrected chi connectivity index (χ4v) is 4.97. The van der Waals surface area contributed by atoms with Crippen LogP contribution in [0, 0.1) is 0 Å². The Kier molecular flexibility index (Phi) is 2.92. The van der Waals surface area contributed by atoms with Crippen molar-refractivity contribution >= 4 is 11.8 Å². The van der Waals surface area contributed by atoms with E-state index < -0.39 is 5.66 Å². The van der Waals surface area contributed by atoms with Gasteiger partial charge in [0.05, 0.1) is 19.6 Å². The van der Waals surface area contributed by atoms with Crippen molar-refractivity contribution in [3.8, 4) is 5.75 Å². The van der Waals surface area contributed by atoms with E-state index in [1.807, 2.05) is 17.0 Å². The summed E-state index contributed by atoms with van der Waals surface area (Å²) >= 11 is 0. The molecule has 0 radical (unpaired) electrons. The molecule has 0 spiro atoms. The molecule has 3 aliphatic rings. The highest BCUT2D eigenvalue weighted by atomic mass is 16.5. The normalized spacial score (nSPS) is 31.0. The van der Waals surface area contributed by atoms with Crippen LogP contribution < -0.4 is 10.1 Å². The van der Waals surface area contributed by atoms with E-state index in [1.165, 1.54) is 18.2 Å². The summed E-state index contributed by atoms with van der Waals surface area (Å²) in [5, 5.41) is 3.66. The SMILES string of the molecule is C=C1CCC[C@]23Nc4ccc(OC)cc4[C@]12CCN3C(=O)OC. The molecular weight excluding hydrogens is 292 g/mol. The Balaban J connectivity index is 1.93. The minimum Gasteiger partial charge on any atom is -0.497 e.